The van der Waals surface area contributed by atoms with E-state index in [0.717, 1.165) is 27.8 Å². The first kappa shape index (κ1) is 18.1. The highest BCUT2D eigenvalue weighted by atomic mass is 32.2. The molecule has 0 amide bonds. The number of benzene rings is 1. The summed E-state index contributed by atoms with van der Waals surface area (Å²) in [7, 11) is -2.24. The molecule has 1 rings (SSSR count). The number of aliphatic hydroxyl groups excluding tert-OH is 1. The quantitative estimate of drug-likeness (QED) is 0.834. The Kier molecular flexibility index (Phi) is 5.92. The molecule has 0 aliphatic rings. The summed E-state index contributed by atoms with van der Waals surface area (Å²) in [4.78, 5) is 0.303. The summed E-state index contributed by atoms with van der Waals surface area (Å²) in [5.41, 5.74) is 4.56. The van der Waals surface area contributed by atoms with Crippen molar-refractivity contribution in [2.24, 2.45) is 0 Å². The molecule has 0 fully saturated rings. The van der Waals surface area contributed by atoms with Gasteiger partial charge in [0.15, 0.2) is 0 Å². The van der Waals surface area contributed by atoms with Crippen LogP contribution in [0.3, 0.4) is 0 Å². The van der Waals surface area contributed by atoms with Crippen molar-refractivity contribution in [2.45, 2.75) is 45.6 Å². The molecule has 21 heavy (non-hydrogen) atoms. The van der Waals surface area contributed by atoms with E-state index in [1.165, 1.54) is 7.11 Å². The van der Waals surface area contributed by atoms with Crippen molar-refractivity contribution in [1.29, 1.82) is 0 Å². The third-order valence-corrected chi connectivity index (χ3v) is 5.90. The van der Waals surface area contributed by atoms with Crippen molar-refractivity contribution in [3.05, 3.63) is 27.8 Å². The lowest BCUT2D eigenvalue weighted by Gasteiger charge is -2.21. The zero-order valence-corrected chi connectivity index (χ0v) is 14.4. The molecule has 1 atom stereocenters. The van der Waals surface area contributed by atoms with Crippen LogP contribution in [0.5, 0.6) is 0 Å². The molecular weight excluding hydrogens is 290 g/mol. The van der Waals surface area contributed by atoms with Crippen LogP contribution in [0.25, 0.3) is 0 Å². The number of sulfonamides is 1. The van der Waals surface area contributed by atoms with Gasteiger partial charge in [0, 0.05) is 7.11 Å². The van der Waals surface area contributed by atoms with Gasteiger partial charge in [-0.2, -0.15) is 0 Å². The van der Waals surface area contributed by atoms with Crippen molar-refractivity contribution in [2.75, 3.05) is 20.3 Å². The van der Waals surface area contributed by atoms with E-state index in [2.05, 4.69) is 4.72 Å². The van der Waals surface area contributed by atoms with Crippen LogP contribution in [0.4, 0.5) is 0 Å². The zero-order chi connectivity index (χ0) is 16.4. The fourth-order valence-corrected chi connectivity index (χ4v) is 4.28. The lowest BCUT2D eigenvalue weighted by Crippen LogP contribution is -2.41. The normalized spacial score (nSPS) is 13.5. The Labute approximate surface area is 127 Å². The SMILES string of the molecule is COCC(CO)NS(=O)(=O)c1c(C)c(C)c(C)c(C)c1C. The molecule has 0 bridgehead atoms. The highest BCUT2D eigenvalue weighted by Crippen LogP contribution is 2.29. The van der Waals surface area contributed by atoms with Crippen LogP contribution in [-0.2, 0) is 14.8 Å². The van der Waals surface area contributed by atoms with E-state index in [9.17, 15) is 13.5 Å². The molecule has 0 saturated heterocycles. The Morgan fingerprint density at radius 2 is 1.43 bits per heavy atom. The van der Waals surface area contributed by atoms with Crippen LogP contribution >= 0.6 is 0 Å². The predicted octanol–water partition coefficient (Wildman–Crippen LogP) is 1.51. The molecule has 1 aromatic rings. The molecule has 0 aliphatic heterocycles. The number of nitrogens with one attached hydrogen (secondary N) is 1. The maximum Gasteiger partial charge on any atom is 0.241 e. The number of aliphatic hydroxyl groups is 1. The van der Waals surface area contributed by atoms with Gasteiger partial charge in [0.25, 0.3) is 0 Å². The number of hydrogen-bond donors (Lipinski definition) is 2. The van der Waals surface area contributed by atoms with E-state index < -0.39 is 16.1 Å². The van der Waals surface area contributed by atoms with Crippen LogP contribution in [-0.4, -0.2) is 39.9 Å². The minimum Gasteiger partial charge on any atom is -0.395 e. The second-order valence-electron chi connectivity index (χ2n) is 5.41. The van der Waals surface area contributed by atoms with Gasteiger partial charge < -0.3 is 9.84 Å². The lowest BCUT2D eigenvalue weighted by atomic mass is 9.95. The Balaban J connectivity index is 3.39. The van der Waals surface area contributed by atoms with Gasteiger partial charge in [-0.25, -0.2) is 13.1 Å². The Morgan fingerprint density at radius 3 is 1.81 bits per heavy atom. The fraction of sp³-hybridized carbons (Fsp3) is 0.600. The predicted molar refractivity (Wildman–Crippen MR) is 83.2 cm³/mol. The van der Waals surface area contributed by atoms with E-state index in [0.29, 0.717) is 4.90 Å². The molecule has 1 unspecified atom stereocenters. The van der Waals surface area contributed by atoms with Gasteiger partial charge in [-0.3, -0.25) is 0 Å². The van der Waals surface area contributed by atoms with Crippen molar-refractivity contribution in [3.8, 4) is 0 Å². The molecule has 0 heterocycles. The summed E-state index contributed by atoms with van der Waals surface area (Å²) < 4.78 is 32.7. The number of rotatable bonds is 6. The van der Waals surface area contributed by atoms with Crippen LogP contribution in [0, 0.1) is 34.6 Å². The second kappa shape index (κ2) is 6.87. The van der Waals surface area contributed by atoms with Gasteiger partial charge in [0.05, 0.1) is 24.2 Å². The highest BCUT2D eigenvalue weighted by molar-refractivity contribution is 7.89. The summed E-state index contributed by atoms with van der Waals surface area (Å²) in [5, 5.41) is 9.25. The topological polar surface area (TPSA) is 75.6 Å². The first-order chi connectivity index (χ1) is 9.67. The molecule has 0 saturated carbocycles. The number of methoxy groups -OCH3 is 1. The summed E-state index contributed by atoms with van der Waals surface area (Å²) in [6.45, 7) is 9.29. The first-order valence-corrected chi connectivity index (χ1v) is 8.34. The van der Waals surface area contributed by atoms with Crippen molar-refractivity contribution < 1.29 is 18.3 Å². The maximum absolute atomic E-state index is 12.7. The molecule has 0 radical (unpaired) electrons. The van der Waals surface area contributed by atoms with Gasteiger partial charge in [0.2, 0.25) is 10.0 Å². The third-order valence-electron chi connectivity index (χ3n) is 4.11. The van der Waals surface area contributed by atoms with Gasteiger partial charge in [-0.1, -0.05) is 0 Å². The largest absolute Gasteiger partial charge is 0.395 e. The van der Waals surface area contributed by atoms with Crippen LogP contribution in [0.1, 0.15) is 27.8 Å². The van der Waals surface area contributed by atoms with Gasteiger partial charge in [-0.05, 0) is 62.4 Å². The smallest absolute Gasteiger partial charge is 0.241 e. The minimum absolute atomic E-state index is 0.123. The van der Waals surface area contributed by atoms with Gasteiger partial charge in [0.1, 0.15) is 0 Å². The van der Waals surface area contributed by atoms with Crippen LogP contribution < -0.4 is 4.72 Å². The molecule has 0 spiro atoms. The lowest BCUT2D eigenvalue weighted by molar-refractivity contribution is 0.139. The highest BCUT2D eigenvalue weighted by Gasteiger charge is 2.26. The molecule has 5 nitrogen and oxygen atoms in total. The first-order valence-electron chi connectivity index (χ1n) is 6.86. The maximum atomic E-state index is 12.7. The standard InChI is InChI=1S/C15H25NO4S/c1-9-10(2)12(4)15(13(5)11(9)3)21(18,19)16-14(7-17)8-20-6/h14,16-17H,7-8H2,1-6H3. The van der Waals surface area contributed by atoms with E-state index in [1.54, 1.807) is 0 Å². The summed E-state index contributed by atoms with van der Waals surface area (Å²) in [6, 6.07) is -0.652. The second-order valence-corrected chi connectivity index (χ2v) is 7.06. The number of ether oxygens (including phenoxy) is 1. The molecular formula is C15H25NO4S. The fourth-order valence-electron chi connectivity index (χ4n) is 2.47. The Morgan fingerprint density at radius 1 is 1.00 bits per heavy atom. The molecule has 1 aromatic carbocycles. The molecule has 0 aromatic heterocycles. The van der Waals surface area contributed by atoms with Crippen molar-refractivity contribution in [1.82, 2.24) is 4.72 Å². The number of hydrogen-bond acceptors (Lipinski definition) is 4. The molecule has 0 aliphatic carbocycles. The Hall–Kier alpha value is -0.950. The minimum atomic E-state index is -3.71. The van der Waals surface area contributed by atoms with E-state index in [1.807, 2.05) is 34.6 Å². The van der Waals surface area contributed by atoms with Gasteiger partial charge >= 0.3 is 0 Å². The third kappa shape index (κ3) is 3.63. The van der Waals surface area contributed by atoms with E-state index in [-0.39, 0.29) is 13.2 Å². The molecule has 6 heteroatoms. The summed E-state index contributed by atoms with van der Waals surface area (Å²) >= 11 is 0. The average molecular weight is 315 g/mol. The van der Waals surface area contributed by atoms with E-state index in [4.69, 9.17) is 4.74 Å². The zero-order valence-electron chi connectivity index (χ0n) is 13.6. The molecule has 2 N–H and O–H groups in total. The van der Waals surface area contributed by atoms with Crippen LogP contribution in [0.15, 0.2) is 4.90 Å². The summed E-state index contributed by atoms with van der Waals surface area (Å²) in [5.74, 6) is 0. The van der Waals surface area contributed by atoms with E-state index >= 15 is 0 Å². The van der Waals surface area contributed by atoms with Crippen molar-refractivity contribution >= 4 is 10.0 Å². The molecule has 120 valence electrons. The average Bonchev–Trinajstić information content (AvgIpc) is 2.42. The summed E-state index contributed by atoms with van der Waals surface area (Å²) in [6.07, 6.45) is 0. The monoisotopic (exact) mass is 315 g/mol. The Bertz CT molecular complexity index is 594. The van der Waals surface area contributed by atoms with Crippen LogP contribution in [0.2, 0.25) is 0 Å². The van der Waals surface area contributed by atoms with Crippen molar-refractivity contribution in [3.63, 3.8) is 0 Å². The van der Waals surface area contributed by atoms with Gasteiger partial charge in [-0.15, -0.1) is 0 Å².